The molecule has 0 spiro atoms. The Morgan fingerprint density at radius 2 is 1.89 bits per heavy atom. The third-order valence-electron chi connectivity index (χ3n) is 3.48. The molecule has 0 radical (unpaired) electrons. The zero-order valence-corrected chi connectivity index (χ0v) is 11.9. The van der Waals surface area contributed by atoms with Crippen LogP contribution >= 0.6 is 0 Å². The maximum absolute atomic E-state index is 5.74. The maximum atomic E-state index is 5.74. The quantitative estimate of drug-likeness (QED) is 0.645. The fourth-order valence-electron chi connectivity index (χ4n) is 2.67. The van der Waals surface area contributed by atoms with E-state index in [2.05, 4.69) is 48.4 Å². The minimum Gasteiger partial charge on any atom is -0.271 e. The van der Waals surface area contributed by atoms with Gasteiger partial charge in [-0.2, -0.15) is 5.10 Å². The van der Waals surface area contributed by atoms with Gasteiger partial charge in [0.1, 0.15) is 12.2 Å². The number of nitrogens with one attached hydrogen (secondary N) is 1. The second-order valence-corrected chi connectivity index (χ2v) is 5.04. The number of hydrazine groups is 1. The van der Waals surface area contributed by atoms with Gasteiger partial charge >= 0.3 is 0 Å². The monoisotopic (exact) mass is 259 g/mol. The summed E-state index contributed by atoms with van der Waals surface area (Å²) in [5, 5.41) is 4.09. The van der Waals surface area contributed by atoms with Crippen molar-refractivity contribution >= 4 is 0 Å². The van der Waals surface area contributed by atoms with Gasteiger partial charge in [-0.15, -0.1) is 0 Å². The van der Waals surface area contributed by atoms with Crippen LogP contribution in [0.3, 0.4) is 0 Å². The number of aryl methyl sites for hydroxylation is 4. The van der Waals surface area contributed by atoms with Crippen molar-refractivity contribution < 1.29 is 0 Å². The van der Waals surface area contributed by atoms with Gasteiger partial charge in [-0.25, -0.2) is 4.98 Å². The first-order chi connectivity index (χ1) is 9.02. The smallest absolute Gasteiger partial charge is 0.138 e. The first-order valence-corrected chi connectivity index (χ1v) is 6.39. The number of benzene rings is 1. The molecule has 2 rings (SSSR count). The normalized spacial score (nSPS) is 12.7. The maximum Gasteiger partial charge on any atom is 0.138 e. The molecular weight excluding hydrogens is 238 g/mol. The van der Waals surface area contributed by atoms with Crippen LogP contribution in [-0.4, -0.2) is 14.8 Å². The van der Waals surface area contributed by atoms with Crippen molar-refractivity contribution in [2.75, 3.05) is 0 Å². The van der Waals surface area contributed by atoms with Crippen LogP contribution in [0.2, 0.25) is 0 Å². The Balaban J connectivity index is 2.35. The number of nitrogens with zero attached hydrogens (tertiary/aromatic N) is 3. The van der Waals surface area contributed by atoms with Gasteiger partial charge in [-0.3, -0.25) is 16.0 Å². The van der Waals surface area contributed by atoms with E-state index < -0.39 is 0 Å². The van der Waals surface area contributed by atoms with Gasteiger partial charge < -0.3 is 0 Å². The molecule has 0 saturated carbocycles. The molecule has 5 nitrogen and oxygen atoms in total. The van der Waals surface area contributed by atoms with E-state index in [1.54, 1.807) is 11.0 Å². The Hall–Kier alpha value is -1.72. The first kappa shape index (κ1) is 13.7. The lowest BCUT2D eigenvalue weighted by atomic mass is 9.92. The number of aromatic nitrogens is 3. The molecule has 102 valence electrons. The summed E-state index contributed by atoms with van der Waals surface area (Å²) in [4.78, 5) is 4.26. The first-order valence-electron chi connectivity index (χ1n) is 6.39. The highest BCUT2D eigenvalue weighted by atomic mass is 15.3. The molecule has 0 amide bonds. The largest absolute Gasteiger partial charge is 0.271 e. The predicted octanol–water partition coefficient (Wildman–Crippen LogP) is 1.49. The molecular formula is C14H21N5. The molecule has 0 aliphatic rings. The van der Waals surface area contributed by atoms with Crippen molar-refractivity contribution in [3.8, 4) is 0 Å². The topological polar surface area (TPSA) is 68.8 Å². The molecule has 19 heavy (non-hydrogen) atoms. The molecule has 1 atom stereocenters. The van der Waals surface area contributed by atoms with Gasteiger partial charge in [0.15, 0.2) is 0 Å². The van der Waals surface area contributed by atoms with Crippen molar-refractivity contribution in [1.29, 1.82) is 0 Å². The molecule has 1 aromatic carbocycles. The number of rotatable bonds is 4. The SMILES string of the molecule is Cc1cc(C)c(C(Cc2ncnn2C)NN)c(C)c1. The Bertz CT molecular complexity index is 550. The summed E-state index contributed by atoms with van der Waals surface area (Å²) in [6.07, 6.45) is 2.29. The fraction of sp³-hybridized carbons (Fsp3) is 0.429. The molecule has 1 aromatic heterocycles. The highest BCUT2D eigenvalue weighted by molar-refractivity contribution is 5.40. The van der Waals surface area contributed by atoms with Crippen LogP contribution < -0.4 is 11.3 Å². The Morgan fingerprint density at radius 3 is 2.37 bits per heavy atom. The van der Waals surface area contributed by atoms with E-state index in [9.17, 15) is 0 Å². The van der Waals surface area contributed by atoms with E-state index in [0.29, 0.717) is 0 Å². The van der Waals surface area contributed by atoms with Gasteiger partial charge in [-0.1, -0.05) is 17.7 Å². The Kier molecular flexibility index (Phi) is 3.97. The van der Waals surface area contributed by atoms with Gasteiger partial charge in [0.05, 0.1) is 6.04 Å². The second-order valence-electron chi connectivity index (χ2n) is 5.04. The average Bonchev–Trinajstić information content (AvgIpc) is 2.72. The summed E-state index contributed by atoms with van der Waals surface area (Å²) in [6.45, 7) is 6.35. The van der Waals surface area contributed by atoms with Gasteiger partial charge in [-0.05, 0) is 37.5 Å². The van der Waals surface area contributed by atoms with Crippen molar-refractivity contribution in [1.82, 2.24) is 20.2 Å². The average molecular weight is 259 g/mol. The van der Waals surface area contributed by atoms with Crippen molar-refractivity contribution in [2.45, 2.75) is 33.2 Å². The number of nitrogens with two attached hydrogens (primary N) is 1. The van der Waals surface area contributed by atoms with Crippen LogP contribution in [0.15, 0.2) is 18.5 Å². The van der Waals surface area contributed by atoms with E-state index in [1.165, 1.54) is 22.3 Å². The highest BCUT2D eigenvalue weighted by Gasteiger charge is 2.18. The van der Waals surface area contributed by atoms with Gasteiger partial charge in [0.2, 0.25) is 0 Å². The molecule has 3 N–H and O–H groups in total. The third kappa shape index (κ3) is 2.83. The van der Waals surface area contributed by atoms with Crippen LogP contribution in [0.25, 0.3) is 0 Å². The predicted molar refractivity (Wildman–Crippen MR) is 75.4 cm³/mol. The van der Waals surface area contributed by atoms with E-state index in [0.717, 1.165) is 12.2 Å². The van der Waals surface area contributed by atoms with E-state index in [1.807, 2.05) is 7.05 Å². The summed E-state index contributed by atoms with van der Waals surface area (Å²) in [5.41, 5.74) is 7.93. The molecule has 1 heterocycles. The summed E-state index contributed by atoms with van der Waals surface area (Å²) in [7, 11) is 1.89. The zero-order valence-electron chi connectivity index (χ0n) is 11.9. The van der Waals surface area contributed by atoms with Crippen molar-refractivity contribution in [3.05, 3.63) is 46.5 Å². The standard InChI is InChI=1S/C14H21N5/c1-9-5-10(2)14(11(3)6-9)12(18-15)7-13-16-8-17-19(13)4/h5-6,8,12,18H,7,15H2,1-4H3. The van der Waals surface area contributed by atoms with Gasteiger partial charge in [0, 0.05) is 13.5 Å². The molecule has 2 aromatic rings. The lowest BCUT2D eigenvalue weighted by Crippen LogP contribution is -2.31. The summed E-state index contributed by atoms with van der Waals surface area (Å²) in [6, 6.07) is 4.41. The van der Waals surface area contributed by atoms with Crippen LogP contribution in [-0.2, 0) is 13.5 Å². The minimum atomic E-state index is 0.0449. The Morgan fingerprint density at radius 1 is 1.26 bits per heavy atom. The van der Waals surface area contributed by atoms with Crippen molar-refractivity contribution in [3.63, 3.8) is 0 Å². The lowest BCUT2D eigenvalue weighted by Gasteiger charge is -2.21. The molecule has 1 unspecified atom stereocenters. The van der Waals surface area contributed by atoms with E-state index in [-0.39, 0.29) is 6.04 Å². The van der Waals surface area contributed by atoms with Crippen LogP contribution in [0, 0.1) is 20.8 Å². The molecule has 0 saturated heterocycles. The number of hydrogen-bond donors (Lipinski definition) is 2. The Labute approximate surface area is 113 Å². The van der Waals surface area contributed by atoms with E-state index in [4.69, 9.17) is 5.84 Å². The zero-order chi connectivity index (χ0) is 14.0. The van der Waals surface area contributed by atoms with E-state index >= 15 is 0 Å². The molecule has 0 bridgehead atoms. The third-order valence-corrected chi connectivity index (χ3v) is 3.48. The molecule has 5 heteroatoms. The number of hydrogen-bond acceptors (Lipinski definition) is 4. The summed E-state index contributed by atoms with van der Waals surface area (Å²) in [5.74, 6) is 6.66. The van der Waals surface area contributed by atoms with Crippen molar-refractivity contribution in [2.24, 2.45) is 12.9 Å². The lowest BCUT2D eigenvalue weighted by molar-refractivity contribution is 0.519. The molecule has 0 fully saturated rings. The van der Waals surface area contributed by atoms with Crippen LogP contribution in [0.1, 0.15) is 34.1 Å². The highest BCUT2D eigenvalue weighted by Crippen LogP contribution is 2.25. The molecule has 0 aliphatic heterocycles. The fourth-order valence-corrected chi connectivity index (χ4v) is 2.67. The molecule has 0 aliphatic carbocycles. The summed E-state index contributed by atoms with van der Waals surface area (Å²) >= 11 is 0. The summed E-state index contributed by atoms with van der Waals surface area (Å²) < 4.78 is 1.78. The van der Waals surface area contributed by atoms with Crippen LogP contribution in [0.4, 0.5) is 0 Å². The van der Waals surface area contributed by atoms with Gasteiger partial charge in [0.25, 0.3) is 0 Å². The van der Waals surface area contributed by atoms with Crippen LogP contribution in [0.5, 0.6) is 0 Å². The second kappa shape index (κ2) is 5.50. The minimum absolute atomic E-state index is 0.0449.